The summed E-state index contributed by atoms with van der Waals surface area (Å²) < 4.78 is 5.92. The van der Waals surface area contributed by atoms with E-state index in [0.29, 0.717) is 23.5 Å². The van der Waals surface area contributed by atoms with Gasteiger partial charge in [-0.3, -0.25) is 0 Å². The van der Waals surface area contributed by atoms with Crippen LogP contribution < -0.4 is 4.74 Å². The van der Waals surface area contributed by atoms with Crippen LogP contribution in [0.3, 0.4) is 0 Å². The molecule has 3 aromatic carbocycles. The van der Waals surface area contributed by atoms with Gasteiger partial charge in [0.2, 0.25) is 0 Å². The Morgan fingerprint density at radius 1 is 0.903 bits per heavy atom. The molecule has 0 saturated heterocycles. The Labute approximate surface area is 184 Å². The predicted molar refractivity (Wildman–Crippen MR) is 124 cm³/mol. The Hall–Kier alpha value is -2.66. The fourth-order valence-electron chi connectivity index (χ4n) is 3.77. The molecule has 4 nitrogen and oxygen atoms in total. The van der Waals surface area contributed by atoms with Crippen molar-refractivity contribution >= 4 is 0 Å². The zero-order chi connectivity index (χ0) is 22.2. The molecule has 0 aliphatic rings. The quantitative estimate of drug-likeness (QED) is 0.408. The van der Waals surface area contributed by atoms with Crippen molar-refractivity contribution in [2.24, 2.45) is 0 Å². The van der Waals surface area contributed by atoms with E-state index in [1.165, 1.54) is 0 Å². The van der Waals surface area contributed by atoms with Crippen molar-refractivity contribution in [3.63, 3.8) is 0 Å². The molecule has 31 heavy (non-hydrogen) atoms. The van der Waals surface area contributed by atoms with E-state index in [9.17, 15) is 15.3 Å². The molecule has 3 rings (SSSR count). The molecule has 4 heteroatoms. The van der Waals surface area contributed by atoms with Crippen LogP contribution in [0.1, 0.15) is 60.1 Å². The average Bonchev–Trinajstić information content (AvgIpc) is 2.81. The van der Waals surface area contributed by atoms with Gasteiger partial charge in [0.25, 0.3) is 0 Å². The summed E-state index contributed by atoms with van der Waals surface area (Å²) in [7, 11) is 0. The van der Waals surface area contributed by atoms with Gasteiger partial charge < -0.3 is 20.1 Å². The molecule has 0 aliphatic carbocycles. The number of aryl methyl sites for hydroxylation is 1. The standard InChI is InChI=1S/C27H32O4/c1-3-4-8-27(30)22-10-12-26(19(2)13-22)21-7-5-6-20(14-21)18-31-25-11-9-23(16-28)24(15-25)17-29/h5-7,9-15,27-30H,3-4,8,16-18H2,1-2H3. The molecule has 0 bridgehead atoms. The lowest BCUT2D eigenvalue weighted by molar-refractivity contribution is 0.164. The summed E-state index contributed by atoms with van der Waals surface area (Å²) in [4.78, 5) is 0. The maximum atomic E-state index is 10.4. The van der Waals surface area contributed by atoms with E-state index in [2.05, 4.69) is 38.1 Å². The first-order valence-electron chi connectivity index (χ1n) is 10.9. The largest absolute Gasteiger partial charge is 0.489 e. The van der Waals surface area contributed by atoms with Gasteiger partial charge in [-0.1, -0.05) is 62.2 Å². The minimum absolute atomic E-state index is 0.105. The van der Waals surface area contributed by atoms with Crippen LogP contribution in [-0.2, 0) is 19.8 Å². The van der Waals surface area contributed by atoms with E-state index in [1.54, 1.807) is 18.2 Å². The number of benzene rings is 3. The van der Waals surface area contributed by atoms with E-state index in [1.807, 2.05) is 18.2 Å². The third kappa shape index (κ3) is 5.95. The molecule has 0 fully saturated rings. The first-order chi connectivity index (χ1) is 15.0. The van der Waals surface area contributed by atoms with E-state index in [4.69, 9.17) is 4.74 Å². The second kappa shape index (κ2) is 11.1. The number of hydrogen-bond donors (Lipinski definition) is 3. The minimum Gasteiger partial charge on any atom is -0.489 e. The van der Waals surface area contributed by atoms with Gasteiger partial charge in [-0.2, -0.15) is 0 Å². The van der Waals surface area contributed by atoms with Crippen molar-refractivity contribution in [2.75, 3.05) is 0 Å². The molecule has 0 spiro atoms. The van der Waals surface area contributed by atoms with E-state index < -0.39 is 6.10 Å². The molecular formula is C27H32O4. The summed E-state index contributed by atoms with van der Waals surface area (Å²) in [6.45, 7) is 4.38. The van der Waals surface area contributed by atoms with Crippen LogP contribution in [0.5, 0.6) is 5.75 Å². The Morgan fingerprint density at radius 3 is 2.42 bits per heavy atom. The SMILES string of the molecule is CCCCC(O)c1ccc(-c2cccc(COc3ccc(CO)c(CO)c3)c2)c(C)c1. The highest BCUT2D eigenvalue weighted by Crippen LogP contribution is 2.29. The Bertz CT molecular complexity index is 996. The highest BCUT2D eigenvalue weighted by Gasteiger charge is 2.10. The number of hydrogen-bond acceptors (Lipinski definition) is 4. The maximum Gasteiger partial charge on any atom is 0.120 e. The fourth-order valence-corrected chi connectivity index (χ4v) is 3.77. The molecule has 164 valence electrons. The van der Waals surface area contributed by atoms with Gasteiger partial charge in [-0.05, 0) is 70.5 Å². The second-order valence-corrected chi connectivity index (χ2v) is 7.97. The van der Waals surface area contributed by atoms with Crippen molar-refractivity contribution in [1.29, 1.82) is 0 Å². The highest BCUT2D eigenvalue weighted by molar-refractivity contribution is 5.68. The van der Waals surface area contributed by atoms with Gasteiger partial charge in [0, 0.05) is 0 Å². The third-order valence-corrected chi connectivity index (χ3v) is 5.63. The first-order valence-corrected chi connectivity index (χ1v) is 10.9. The van der Waals surface area contributed by atoms with Crippen LogP contribution in [0.25, 0.3) is 11.1 Å². The van der Waals surface area contributed by atoms with Crippen LogP contribution in [-0.4, -0.2) is 15.3 Å². The van der Waals surface area contributed by atoms with Gasteiger partial charge in [0.15, 0.2) is 0 Å². The highest BCUT2D eigenvalue weighted by atomic mass is 16.5. The van der Waals surface area contributed by atoms with E-state index in [-0.39, 0.29) is 13.2 Å². The first kappa shape index (κ1) is 23.0. The molecule has 0 amide bonds. The molecule has 0 saturated carbocycles. The van der Waals surface area contributed by atoms with Gasteiger partial charge in [-0.15, -0.1) is 0 Å². The number of rotatable bonds is 10. The predicted octanol–water partition coefficient (Wildman–Crippen LogP) is 5.45. The molecule has 1 atom stereocenters. The molecule has 0 heterocycles. The number of aliphatic hydroxyl groups is 3. The second-order valence-electron chi connectivity index (χ2n) is 7.97. The molecule has 0 radical (unpaired) electrons. The van der Waals surface area contributed by atoms with Crippen LogP contribution in [0.2, 0.25) is 0 Å². The van der Waals surface area contributed by atoms with Gasteiger partial charge in [0.05, 0.1) is 19.3 Å². The molecule has 3 aromatic rings. The summed E-state index contributed by atoms with van der Waals surface area (Å²) in [5.41, 5.74) is 6.78. The molecule has 3 N–H and O–H groups in total. The molecule has 1 unspecified atom stereocenters. The van der Waals surface area contributed by atoms with Crippen molar-refractivity contribution in [3.8, 4) is 16.9 Å². The summed E-state index contributed by atoms with van der Waals surface area (Å²) in [5.74, 6) is 0.660. The van der Waals surface area contributed by atoms with Crippen LogP contribution >= 0.6 is 0 Å². The Morgan fingerprint density at radius 2 is 1.71 bits per heavy atom. The summed E-state index contributed by atoms with van der Waals surface area (Å²) in [6.07, 6.45) is 2.48. The van der Waals surface area contributed by atoms with Crippen LogP contribution in [0, 0.1) is 6.92 Å². The molecule has 0 aliphatic heterocycles. The van der Waals surface area contributed by atoms with Crippen molar-refractivity contribution in [3.05, 3.63) is 88.5 Å². The number of unbranched alkanes of at least 4 members (excludes halogenated alkanes) is 1. The van der Waals surface area contributed by atoms with Gasteiger partial charge in [-0.25, -0.2) is 0 Å². The topological polar surface area (TPSA) is 69.9 Å². The summed E-state index contributed by atoms with van der Waals surface area (Å²) in [6, 6.07) is 19.8. The Balaban J connectivity index is 1.73. The fraction of sp³-hybridized carbons (Fsp3) is 0.333. The lowest BCUT2D eigenvalue weighted by atomic mass is 9.94. The van der Waals surface area contributed by atoms with E-state index in [0.717, 1.165) is 47.1 Å². The number of ether oxygens (including phenoxy) is 1. The smallest absolute Gasteiger partial charge is 0.120 e. The monoisotopic (exact) mass is 420 g/mol. The third-order valence-electron chi connectivity index (χ3n) is 5.63. The zero-order valence-electron chi connectivity index (χ0n) is 18.3. The van der Waals surface area contributed by atoms with Gasteiger partial charge in [0.1, 0.15) is 12.4 Å². The van der Waals surface area contributed by atoms with Crippen molar-refractivity contribution in [2.45, 2.75) is 59.0 Å². The zero-order valence-corrected chi connectivity index (χ0v) is 18.3. The number of aliphatic hydroxyl groups excluding tert-OH is 3. The lowest BCUT2D eigenvalue weighted by Crippen LogP contribution is -2.00. The maximum absolute atomic E-state index is 10.4. The van der Waals surface area contributed by atoms with Crippen molar-refractivity contribution in [1.82, 2.24) is 0 Å². The molecule has 0 aromatic heterocycles. The molecular weight excluding hydrogens is 388 g/mol. The van der Waals surface area contributed by atoms with Gasteiger partial charge >= 0.3 is 0 Å². The van der Waals surface area contributed by atoms with E-state index >= 15 is 0 Å². The van der Waals surface area contributed by atoms with Crippen molar-refractivity contribution < 1.29 is 20.1 Å². The normalized spacial score (nSPS) is 12.0. The average molecular weight is 421 g/mol. The van der Waals surface area contributed by atoms with Crippen LogP contribution in [0.15, 0.2) is 60.7 Å². The summed E-state index contributed by atoms with van der Waals surface area (Å²) >= 11 is 0. The van der Waals surface area contributed by atoms with Crippen LogP contribution in [0.4, 0.5) is 0 Å². The lowest BCUT2D eigenvalue weighted by Gasteiger charge is -2.15. The minimum atomic E-state index is -0.409. The summed E-state index contributed by atoms with van der Waals surface area (Å²) in [5, 5.41) is 29.2. The Kier molecular flexibility index (Phi) is 8.24.